The maximum absolute atomic E-state index is 13.1. The Balaban J connectivity index is 1.70. The molecule has 0 aromatic heterocycles. The van der Waals surface area contributed by atoms with Crippen molar-refractivity contribution in [3.05, 3.63) is 63.2 Å². The molecule has 2 amide bonds. The molecule has 1 aliphatic carbocycles. The fourth-order valence-corrected chi connectivity index (χ4v) is 4.28. The van der Waals surface area contributed by atoms with Gasteiger partial charge >= 0.3 is 0 Å². The Labute approximate surface area is 198 Å². The van der Waals surface area contributed by atoms with Gasteiger partial charge in [0.15, 0.2) is 6.61 Å². The Morgan fingerprint density at radius 3 is 2.52 bits per heavy atom. The third-order valence-corrected chi connectivity index (χ3v) is 6.45. The minimum atomic E-state index is -0.574. The number of hydrogen-bond acceptors (Lipinski definition) is 3. The molecule has 0 heterocycles. The van der Waals surface area contributed by atoms with Crippen LogP contribution >= 0.6 is 22.6 Å². The summed E-state index contributed by atoms with van der Waals surface area (Å²) in [5, 5.41) is 3.16. The SMILES string of the molecule is Cc1cccc(CN(C(=O)COc2ccc(I)cc2)[C@H](C)C(=O)NC2CCCCC2)c1. The second kappa shape index (κ2) is 11.5. The minimum absolute atomic E-state index is 0.0952. The van der Waals surface area contributed by atoms with E-state index >= 15 is 0 Å². The van der Waals surface area contributed by atoms with Crippen LogP contribution in [0.5, 0.6) is 5.75 Å². The van der Waals surface area contributed by atoms with E-state index in [4.69, 9.17) is 4.74 Å². The minimum Gasteiger partial charge on any atom is -0.484 e. The zero-order valence-electron chi connectivity index (χ0n) is 18.3. The topological polar surface area (TPSA) is 58.6 Å². The summed E-state index contributed by atoms with van der Waals surface area (Å²) in [7, 11) is 0. The van der Waals surface area contributed by atoms with Crippen molar-refractivity contribution >= 4 is 34.4 Å². The first kappa shape index (κ1) is 23.6. The second-order valence-electron chi connectivity index (χ2n) is 8.27. The molecule has 2 aromatic carbocycles. The van der Waals surface area contributed by atoms with Crippen molar-refractivity contribution in [1.29, 1.82) is 0 Å². The van der Waals surface area contributed by atoms with Crippen LogP contribution in [0.1, 0.15) is 50.2 Å². The van der Waals surface area contributed by atoms with Crippen LogP contribution in [0.3, 0.4) is 0 Å². The molecule has 31 heavy (non-hydrogen) atoms. The van der Waals surface area contributed by atoms with Crippen LogP contribution in [0.4, 0.5) is 0 Å². The number of carbonyl (C=O) groups is 2. The van der Waals surface area contributed by atoms with Crippen molar-refractivity contribution in [2.24, 2.45) is 0 Å². The zero-order chi connectivity index (χ0) is 22.2. The van der Waals surface area contributed by atoms with Gasteiger partial charge in [0.1, 0.15) is 11.8 Å². The summed E-state index contributed by atoms with van der Waals surface area (Å²) in [6.45, 7) is 4.09. The molecular weight excluding hydrogens is 503 g/mol. The van der Waals surface area contributed by atoms with E-state index in [9.17, 15) is 9.59 Å². The fourth-order valence-electron chi connectivity index (χ4n) is 3.92. The van der Waals surface area contributed by atoms with Gasteiger partial charge < -0.3 is 15.0 Å². The van der Waals surface area contributed by atoms with Crippen LogP contribution < -0.4 is 10.1 Å². The molecule has 1 fully saturated rings. The third-order valence-electron chi connectivity index (χ3n) is 5.73. The molecule has 6 heteroatoms. The summed E-state index contributed by atoms with van der Waals surface area (Å²) in [5.74, 6) is 0.345. The molecule has 0 aliphatic heterocycles. The quantitative estimate of drug-likeness (QED) is 0.493. The first-order valence-electron chi connectivity index (χ1n) is 11.0. The van der Waals surface area contributed by atoms with Crippen LogP contribution in [0.2, 0.25) is 0 Å². The maximum atomic E-state index is 13.1. The summed E-state index contributed by atoms with van der Waals surface area (Å²) in [6.07, 6.45) is 5.56. The van der Waals surface area contributed by atoms with Crippen molar-refractivity contribution in [3.63, 3.8) is 0 Å². The Morgan fingerprint density at radius 2 is 1.84 bits per heavy atom. The molecule has 0 radical (unpaired) electrons. The monoisotopic (exact) mass is 534 g/mol. The molecule has 5 nitrogen and oxygen atoms in total. The Bertz CT molecular complexity index is 879. The van der Waals surface area contributed by atoms with Gasteiger partial charge in [-0.15, -0.1) is 0 Å². The first-order valence-corrected chi connectivity index (χ1v) is 12.0. The number of nitrogens with one attached hydrogen (secondary N) is 1. The molecule has 0 spiro atoms. The molecule has 1 aliphatic rings. The van der Waals surface area contributed by atoms with Gasteiger partial charge in [0.05, 0.1) is 0 Å². The molecule has 1 saturated carbocycles. The number of amides is 2. The zero-order valence-corrected chi connectivity index (χ0v) is 20.4. The summed E-state index contributed by atoms with van der Waals surface area (Å²) >= 11 is 2.23. The third kappa shape index (κ3) is 7.23. The highest BCUT2D eigenvalue weighted by atomic mass is 127. The van der Waals surface area contributed by atoms with E-state index in [2.05, 4.69) is 27.9 Å². The van der Waals surface area contributed by atoms with Gasteiger partial charge in [-0.3, -0.25) is 9.59 Å². The first-order chi connectivity index (χ1) is 14.9. The normalized spacial score (nSPS) is 15.2. The Hall–Kier alpha value is -2.09. The molecule has 2 aromatic rings. The van der Waals surface area contributed by atoms with Crippen LogP contribution in [0, 0.1) is 10.5 Å². The van der Waals surface area contributed by atoms with E-state index in [0.717, 1.165) is 40.4 Å². The van der Waals surface area contributed by atoms with E-state index in [1.807, 2.05) is 55.5 Å². The summed E-state index contributed by atoms with van der Waals surface area (Å²) in [6, 6.07) is 15.2. The van der Waals surface area contributed by atoms with Gasteiger partial charge in [-0.2, -0.15) is 0 Å². The standard InChI is InChI=1S/C25H31IN2O3/c1-18-7-6-8-20(15-18)16-28(19(2)25(30)27-22-9-4-3-5-10-22)24(29)17-31-23-13-11-21(26)12-14-23/h6-8,11-15,19,22H,3-5,9-10,16-17H2,1-2H3,(H,27,30)/t19-/m1/s1. The average molecular weight is 534 g/mol. The Kier molecular flexibility index (Phi) is 8.75. The van der Waals surface area contributed by atoms with E-state index in [-0.39, 0.29) is 24.5 Å². The number of carbonyl (C=O) groups excluding carboxylic acids is 2. The van der Waals surface area contributed by atoms with Gasteiger partial charge in [0.2, 0.25) is 5.91 Å². The number of aryl methyl sites for hydroxylation is 1. The number of ether oxygens (including phenoxy) is 1. The highest BCUT2D eigenvalue weighted by molar-refractivity contribution is 14.1. The average Bonchev–Trinajstić information content (AvgIpc) is 2.77. The van der Waals surface area contributed by atoms with Gasteiger partial charge in [0, 0.05) is 16.2 Å². The highest BCUT2D eigenvalue weighted by Gasteiger charge is 2.28. The van der Waals surface area contributed by atoms with Gasteiger partial charge in [-0.05, 0) is 79.1 Å². The molecular formula is C25H31IN2O3. The van der Waals surface area contributed by atoms with Crippen LogP contribution in [0.15, 0.2) is 48.5 Å². The van der Waals surface area contributed by atoms with Gasteiger partial charge in [-0.25, -0.2) is 0 Å². The van der Waals surface area contributed by atoms with E-state index in [1.165, 1.54) is 6.42 Å². The predicted octanol–water partition coefficient (Wildman–Crippen LogP) is 4.84. The van der Waals surface area contributed by atoms with Crippen LogP contribution in [0.25, 0.3) is 0 Å². The number of rotatable bonds is 8. The molecule has 0 saturated heterocycles. The van der Waals surface area contributed by atoms with Crippen molar-refractivity contribution in [1.82, 2.24) is 10.2 Å². The lowest BCUT2D eigenvalue weighted by molar-refractivity contribution is -0.142. The summed E-state index contributed by atoms with van der Waals surface area (Å²) < 4.78 is 6.82. The van der Waals surface area contributed by atoms with Gasteiger partial charge in [-0.1, -0.05) is 49.1 Å². The molecule has 3 rings (SSSR count). The second-order valence-corrected chi connectivity index (χ2v) is 9.52. The highest BCUT2D eigenvalue weighted by Crippen LogP contribution is 2.19. The lowest BCUT2D eigenvalue weighted by atomic mass is 9.95. The largest absolute Gasteiger partial charge is 0.484 e. The lowest BCUT2D eigenvalue weighted by Crippen LogP contribution is -2.51. The van der Waals surface area contributed by atoms with Crippen LogP contribution in [-0.2, 0) is 16.1 Å². The van der Waals surface area contributed by atoms with Gasteiger partial charge in [0.25, 0.3) is 5.91 Å². The summed E-state index contributed by atoms with van der Waals surface area (Å²) in [5.41, 5.74) is 2.12. The van der Waals surface area contributed by atoms with E-state index in [0.29, 0.717) is 12.3 Å². The van der Waals surface area contributed by atoms with Crippen molar-refractivity contribution in [2.75, 3.05) is 6.61 Å². The lowest BCUT2D eigenvalue weighted by Gasteiger charge is -2.31. The molecule has 0 unspecified atom stereocenters. The molecule has 1 N–H and O–H groups in total. The maximum Gasteiger partial charge on any atom is 0.261 e. The smallest absolute Gasteiger partial charge is 0.261 e. The summed E-state index contributed by atoms with van der Waals surface area (Å²) in [4.78, 5) is 27.7. The fraction of sp³-hybridized carbons (Fsp3) is 0.440. The van der Waals surface area contributed by atoms with Crippen LogP contribution in [-0.4, -0.2) is 35.4 Å². The molecule has 1 atom stereocenters. The van der Waals surface area contributed by atoms with E-state index in [1.54, 1.807) is 11.8 Å². The van der Waals surface area contributed by atoms with Crippen molar-refractivity contribution < 1.29 is 14.3 Å². The number of nitrogens with zero attached hydrogens (tertiary/aromatic N) is 1. The van der Waals surface area contributed by atoms with Crippen molar-refractivity contribution in [3.8, 4) is 5.75 Å². The van der Waals surface area contributed by atoms with E-state index < -0.39 is 6.04 Å². The predicted molar refractivity (Wildman–Crippen MR) is 131 cm³/mol. The Morgan fingerprint density at radius 1 is 1.13 bits per heavy atom. The van der Waals surface area contributed by atoms with Crippen molar-refractivity contribution in [2.45, 2.75) is 64.6 Å². The number of halogens is 1. The number of hydrogen-bond donors (Lipinski definition) is 1. The number of benzene rings is 2. The molecule has 166 valence electrons. The molecule has 0 bridgehead atoms.